The molecule has 2 aromatic carbocycles. The molecule has 2 heterocycles. The first-order valence-electron chi connectivity index (χ1n) is 13.0. The molecule has 0 spiro atoms. The summed E-state index contributed by atoms with van der Waals surface area (Å²) >= 11 is 12.7. The van der Waals surface area contributed by atoms with E-state index in [4.69, 9.17) is 34.6 Å². The zero-order valence-electron chi connectivity index (χ0n) is 22.7. The second kappa shape index (κ2) is 14.6. The topological polar surface area (TPSA) is 173 Å². The number of carbonyl (C=O) groups is 6. The molecule has 2 fully saturated rings. The van der Waals surface area contributed by atoms with E-state index in [0.717, 1.165) is 23.5 Å². The van der Waals surface area contributed by atoms with Crippen LogP contribution in [0.3, 0.4) is 0 Å². The number of benzene rings is 2. The summed E-state index contributed by atoms with van der Waals surface area (Å²) < 4.78 is 0.515. The van der Waals surface area contributed by atoms with E-state index in [9.17, 15) is 28.8 Å². The van der Waals surface area contributed by atoms with Gasteiger partial charge in [0.05, 0.1) is 20.9 Å². The number of nitrogens with one attached hydrogen (secondary N) is 2. The van der Waals surface area contributed by atoms with Crippen molar-refractivity contribution in [2.75, 3.05) is 23.7 Å². The van der Waals surface area contributed by atoms with Crippen molar-refractivity contribution in [2.45, 2.75) is 25.7 Å². The number of aromatic carboxylic acids is 2. The standard InChI is InChI=1S/C28H24N4O8S4/c33-19(29-17-9-5-15(6-10-17)25(37)38)3-1-13-31-23(35)21(43-27(31)41)22-24(36)32(28(42)44-22)14-2-4-20(34)30-18-11-7-16(8-12-18)26(39)40/h5-12H,1-4,13-14H2,(H,29,33)(H,30,34)(H,37,38)(H,39,40). The summed E-state index contributed by atoms with van der Waals surface area (Å²) in [5, 5.41) is 23.3. The van der Waals surface area contributed by atoms with Gasteiger partial charge in [-0.05, 0) is 61.4 Å². The number of amides is 4. The molecule has 2 aromatic rings. The summed E-state index contributed by atoms with van der Waals surface area (Å²) in [4.78, 5) is 75.9. The highest BCUT2D eigenvalue weighted by atomic mass is 32.2. The molecule has 2 saturated heterocycles. The third-order valence-corrected chi connectivity index (χ3v) is 9.33. The largest absolute Gasteiger partial charge is 0.478 e. The van der Waals surface area contributed by atoms with E-state index >= 15 is 0 Å². The summed E-state index contributed by atoms with van der Waals surface area (Å²) in [7, 11) is 0. The van der Waals surface area contributed by atoms with Gasteiger partial charge in [0.15, 0.2) is 0 Å². The van der Waals surface area contributed by atoms with Crippen LogP contribution in [0.25, 0.3) is 0 Å². The number of carboxylic acids is 2. The van der Waals surface area contributed by atoms with E-state index in [1.807, 2.05) is 0 Å². The van der Waals surface area contributed by atoms with Crippen LogP contribution in [0.1, 0.15) is 46.4 Å². The molecule has 4 N–H and O–H groups in total. The minimum absolute atomic E-state index is 0.0798. The number of carbonyl (C=O) groups excluding carboxylic acids is 4. The molecule has 16 heteroatoms. The van der Waals surface area contributed by atoms with Gasteiger partial charge in [-0.15, -0.1) is 0 Å². The van der Waals surface area contributed by atoms with Gasteiger partial charge in [-0.3, -0.25) is 29.0 Å². The van der Waals surface area contributed by atoms with Crippen molar-refractivity contribution < 1.29 is 39.0 Å². The van der Waals surface area contributed by atoms with Crippen LogP contribution < -0.4 is 10.6 Å². The zero-order chi connectivity index (χ0) is 32.0. The Morgan fingerprint density at radius 2 is 0.977 bits per heavy atom. The molecule has 0 aliphatic carbocycles. The van der Waals surface area contributed by atoms with Gasteiger partial charge >= 0.3 is 11.9 Å². The summed E-state index contributed by atoms with van der Waals surface area (Å²) in [6.45, 7) is 0.321. The SMILES string of the molecule is O=C(CCCN1C(=O)C(=C2SC(=S)N(CCCC(=O)Nc3ccc(C(=O)O)cc3)C2=O)SC1=S)Nc1ccc(C(=O)O)cc1. The number of hydrogen-bond acceptors (Lipinski definition) is 10. The number of nitrogens with zero attached hydrogens (tertiary/aromatic N) is 2. The number of anilines is 2. The Hall–Kier alpha value is -4.12. The van der Waals surface area contributed by atoms with Crippen molar-refractivity contribution in [2.24, 2.45) is 0 Å². The van der Waals surface area contributed by atoms with Gasteiger partial charge in [0.1, 0.15) is 8.64 Å². The van der Waals surface area contributed by atoms with Crippen LogP contribution in [0.15, 0.2) is 58.3 Å². The van der Waals surface area contributed by atoms with Crippen molar-refractivity contribution in [3.63, 3.8) is 0 Å². The minimum Gasteiger partial charge on any atom is -0.478 e. The Morgan fingerprint density at radius 3 is 1.30 bits per heavy atom. The van der Waals surface area contributed by atoms with Crippen LogP contribution in [0.4, 0.5) is 11.4 Å². The number of rotatable bonds is 12. The van der Waals surface area contributed by atoms with Gasteiger partial charge in [-0.2, -0.15) is 0 Å². The smallest absolute Gasteiger partial charge is 0.335 e. The van der Waals surface area contributed by atoms with Crippen molar-refractivity contribution >= 4 is 104 Å². The Kier molecular flexibility index (Phi) is 10.9. The van der Waals surface area contributed by atoms with Crippen LogP contribution in [0.2, 0.25) is 0 Å². The first kappa shape index (κ1) is 32.8. The molecule has 228 valence electrons. The maximum absolute atomic E-state index is 13.1. The minimum atomic E-state index is -1.07. The van der Waals surface area contributed by atoms with E-state index in [0.29, 0.717) is 24.2 Å². The first-order chi connectivity index (χ1) is 20.9. The fourth-order valence-corrected chi connectivity index (χ4v) is 6.86. The quantitative estimate of drug-likeness (QED) is 0.188. The molecule has 0 aromatic heterocycles. The molecule has 0 saturated carbocycles. The van der Waals surface area contributed by atoms with Crippen LogP contribution in [0, 0.1) is 0 Å². The molecule has 4 amide bonds. The van der Waals surface area contributed by atoms with Gasteiger partial charge in [-0.25, -0.2) is 9.59 Å². The molecule has 0 bridgehead atoms. The fourth-order valence-electron chi connectivity index (χ4n) is 4.09. The summed E-state index contributed by atoms with van der Waals surface area (Å²) in [6.07, 6.45) is 0.754. The van der Waals surface area contributed by atoms with Crippen LogP contribution >= 0.6 is 48.0 Å². The second-order valence-electron chi connectivity index (χ2n) is 9.38. The molecular weight excluding hydrogens is 649 g/mol. The molecule has 0 atom stereocenters. The van der Waals surface area contributed by atoms with Gasteiger partial charge in [0, 0.05) is 37.3 Å². The molecule has 0 radical (unpaired) electrons. The number of carboxylic acid groups (broad SMARTS) is 2. The third kappa shape index (κ3) is 8.07. The molecule has 2 aliphatic rings. The van der Waals surface area contributed by atoms with Crippen molar-refractivity contribution in [3.8, 4) is 0 Å². The van der Waals surface area contributed by atoms with E-state index in [-0.39, 0.29) is 67.3 Å². The Balaban J connectivity index is 1.25. The lowest BCUT2D eigenvalue weighted by Gasteiger charge is -2.14. The van der Waals surface area contributed by atoms with Gasteiger partial charge in [0.25, 0.3) is 11.8 Å². The maximum Gasteiger partial charge on any atom is 0.335 e. The monoisotopic (exact) mass is 672 g/mol. The lowest BCUT2D eigenvalue weighted by Crippen LogP contribution is -2.31. The average Bonchev–Trinajstić information content (AvgIpc) is 3.42. The van der Waals surface area contributed by atoms with E-state index in [2.05, 4.69) is 10.6 Å². The van der Waals surface area contributed by atoms with Gasteiger partial charge < -0.3 is 20.8 Å². The fraction of sp³-hybridized carbons (Fsp3) is 0.214. The van der Waals surface area contributed by atoms with Crippen molar-refractivity contribution in [1.29, 1.82) is 0 Å². The number of hydrogen-bond donors (Lipinski definition) is 4. The van der Waals surface area contributed by atoms with E-state index < -0.39 is 23.8 Å². The summed E-state index contributed by atoms with van der Waals surface area (Å²) in [6, 6.07) is 11.5. The van der Waals surface area contributed by atoms with E-state index in [1.165, 1.54) is 58.3 Å². The van der Waals surface area contributed by atoms with Gasteiger partial charge in [-0.1, -0.05) is 48.0 Å². The van der Waals surface area contributed by atoms with Crippen LogP contribution in [-0.4, -0.2) is 77.3 Å². The normalized spacial score (nSPS) is 16.5. The highest BCUT2D eigenvalue weighted by molar-refractivity contribution is 8.29. The van der Waals surface area contributed by atoms with E-state index in [1.54, 1.807) is 0 Å². The number of thiocarbonyl (C=S) groups is 2. The Bertz CT molecular complexity index is 1470. The zero-order valence-corrected chi connectivity index (χ0v) is 26.0. The molecule has 12 nitrogen and oxygen atoms in total. The van der Waals surface area contributed by atoms with Crippen LogP contribution in [0.5, 0.6) is 0 Å². The predicted octanol–water partition coefficient (Wildman–Crippen LogP) is 4.15. The van der Waals surface area contributed by atoms with Gasteiger partial charge in [0.2, 0.25) is 11.8 Å². The van der Waals surface area contributed by atoms with Crippen molar-refractivity contribution in [3.05, 3.63) is 69.5 Å². The average molecular weight is 673 g/mol. The Labute approximate surface area is 270 Å². The maximum atomic E-state index is 13.1. The highest BCUT2D eigenvalue weighted by Crippen LogP contribution is 2.42. The highest BCUT2D eigenvalue weighted by Gasteiger charge is 2.41. The second-order valence-corrected chi connectivity index (χ2v) is 12.7. The third-order valence-electron chi connectivity index (χ3n) is 6.31. The predicted molar refractivity (Wildman–Crippen MR) is 173 cm³/mol. The molecule has 2 aliphatic heterocycles. The Morgan fingerprint density at radius 1 is 0.636 bits per heavy atom. The molecular formula is C28H24N4O8S4. The molecule has 0 unspecified atom stereocenters. The molecule has 44 heavy (non-hydrogen) atoms. The van der Waals surface area contributed by atoms with Crippen LogP contribution in [-0.2, 0) is 19.2 Å². The lowest BCUT2D eigenvalue weighted by molar-refractivity contribution is -0.124. The first-order valence-corrected chi connectivity index (χ1v) is 15.5. The summed E-state index contributed by atoms with van der Waals surface area (Å²) in [5.74, 6) is -3.66. The molecule has 4 rings (SSSR count). The van der Waals surface area contributed by atoms with Crippen molar-refractivity contribution in [1.82, 2.24) is 9.80 Å². The lowest BCUT2D eigenvalue weighted by atomic mass is 10.2. The summed E-state index contributed by atoms with van der Waals surface area (Å²) in [5.41, 5.74) is 1.09. The number of thioether (sulfide) groups is 2.